The number of likely N-dealkylation sites (N-methyl/N-ethyl adjacent to an activating group) is 1. The molecule has 1 fully saturated rings. The van der Waals surface area contributed by atoms with Crippen LogP contribution in [-0.4, -0.2) is 53.1 Å². The Kier molecular flexibility index (Phi) is 6.72. The molecular formula is C25H30N4O. The number of methoxy groups -OCH3 is 1. The predicted molar refractivity (Wildman–Crippen MR) is 120 cm³/mol. The molecule has 1 aliphatic rings. The molecule has 0 saturated carbocycles. The monoisotopic (exact) mass is 402 g/mol. The Hall–Kier alpha value is -2.76. The zero-order valence-corrected chi connectivity index (χ0v) is 17.9. The average Bonchev–Trinajstić information content (AvgIpc) is 2.80. The first-order valence-corrected chi connectivity index (χ1v) is 10.6. The quantitative estimate of drug-likeness (QED) is 0.591. The van der Waals surface area contributed by atoms with Crippen molar-refractivity contribution in [2.45, 2.75) is 32.0 Å². The predicted octanol–water partition coefficient (Wildman–Crippen LogP) is 4.25. The van der Waals surface area contributed by atoms with Crippen molar-refractivity contribution in [3.05, 3.63) is 78.1 Å². The number of rotatable bonds is 7. The van der Waals surface area contributed by atoms with E-state index in [9.17, 15) is 0 Å². The summed E-state index contributed by atoms with van der Waals surface area (Å²) in [5.74, 6) is 1.59. The van der Waals surface area contributed by atoms with Crippen LogP contribution in [0.1, 0.15) is 24.0 Å². The van der Waals surface area contributed by atoms with Gasteiger partial charge in [0.1, 0.15) is 5.75 Å². The van der Waals surface area contributed by atoms with Gasteiger partial charge in [0, 0.05) is 49.2 Å². The van der Waals surface area contributed by atoms with E-state index in [-0.39, 0.29) is 0 Å². The lowest BCUT2D eigenvalue weighted by Crippen LogP contribution is -2.45. The van der Waals surface area contributed by atoms with E-state index in [2.05, 4.69) is 57.1 Å². The Morgan fingerprint density at radius 3 is 2.43 bits per heavy atom. The number of hydrogen-bond acceptors (Lipinski definition) is 5. The maximum atomic E-state index is 5.22. The van der Waals surface area contributed by atoms with Crippen LogP contribution in [0.15, 0.2) is 67.0 Å². The Labute approximate surface area is 179 Å². The first-order valence-electron chi connectivity index (χ1n) is 10.6. The molecule has 0 aliphatic carbocycles. The molecule has 5 heteroatoms. The molecule has 1 aromatic heterocycles. The fourth-order valence-electron chi connectivity index (χ4n) is 4.12. The molecule has 0 spiro atoms. The smallest absolute Gasteiger partial charge is 0.159 e. The van der Waals surface area contributed by atoms with Crippen molar-refractivity contribution >= 4 is 0 Å². The minimum absolute atomic E-state index is 0.582. The zero-order chi connectivity index (χ0) is 20.8. The van der Waals surface area contributed by atoms with Gasteiger partial charge in [0.15, 0.2) is 5.82 Å². The molecule has 30 heavy (non-hydrogen) atoms. The Morgan fingerprint density at radius 2 is 1.73 bits per heavy atom. The van der Waals surface area contributed by atoms with Crippen LogP contribution in [0.3, 0.4) is 0 Å². The van der Waals surface area contributed by atoms with Crippen LogP contribution in [-0.2, 0) is 13.1 Å². The lowest BCUT2D eigenvalue weighted by atomic mass is 10.0. The molecule has 1 atom stereocenters. The lowest BCUT2D eigenvalue weighted by Gasteiger charge is -2.37. The molecule has 3 aromatic rings. The standard InChI is InChI=1S/C25H30N4O/c1-28(17-20-7-4-3-5-8-20)23-9-6-14-29(19-23)18-21-15-26-25(27-16-21)22-10-12-24(30-2)13-11-22/h3-5,7-8,10-13,15-16,23H,6,9,14,17-19H2,1-2H3. The SMILES string of the molecule is COc1ccc(-c2ncc(CN3CCCC(N(C)Cc4ccccc4)C3)cn2)cc1. The topological polar surface area (TPSA) is 41.5 Å². The van der Waals surface area contributed by atoms with Gasteiger partial charge in [-0.05, 0) is 56.3 Å². The summed E-state index contributed by atoms with van der Waals surface area (Å²) >= 11 is 0. The maximum Gasteiger partial charge on any atom is 0.159 e. The van der Waals surface area contributed by atoms with E-state index < -0.39 is 0 Å². The first kappa shape index (κ1) is 20.5. The van der Waals surface area contributed by atoms with E-state index in [4.69, 9.17) is 4.74 Å². The van der Waals surface area contributed by atoms with Crippen LogP contribution in [0.2, 0.25) is 0 Å². The van der Waals surface area contributed by atoms with Gasteiger partial charge in [0.2, 0.25) is 0 Å². The number of nitrogens with zero attached hydrogens (tertiary/aromatic N) is 4. The molecule has 2 heterocycles. The van der Waals surface area contributed by atoms with Crippen LogP contribution in [0.25, 0.3) is 11.4 Å². The summed E-state index contributed by atoms with van der Waals surface area (Å²) in [6.07, 6.45) is 6.41. The molecule has 1 unspecified atom stereocenters. The molecule has 5 nitrogen and oxygen atoms in total. The molecule has 156 valence electrons. The van der Waals surface area contributed by atoms with E-state index in [0.717, 1.165) is 43.3 Å². The Morgan fingerprint density at radius 1 is 1.00 bits per heavy atom. The summed E-state index contributed by atoms with van der Waals surface area (Å²) in [5, 5.41) is 0. The summed E-state index contributed by atoms with van der Waals surface area (Å²) < 4.78 is 5.22. The molecule has 4 rings (SSSR count). The minimum Gasteiger partial charge on any atom is -0.497 e. The summed E-state index contributed by atoms with van der Waals surface area (Å²) in [4.78, 5) is 14.2. The van der Waals surface area contributed by atoms with Crippen LogP contribution in [0.5, 0.6) is 5.75 Å². The number of ether oxygens (including phenoxy) is 1. The van der Waals surface area contributed by atoms with Crippen molar-refractivity contribution < 1.29 is 4.74 Å². The Balaban J connectivity index is 1.34. The third-order valence-electron chi connectivity index (χ3n) is 5.84. The van der Waals surface area contributed by atoms with Gasteiger partial charge in [-0.2, -0.15) is 0 Å². The van der Waals surface area contributed by atoms with Crippen LogP contribution >= 0.6 is 0 Å². The van der Waals surface area contributed by atoms with Gasteiger partial charge in [0.05, 0.1) is 7.11 Å². The Bertz CT molecular complexity index is 912. The number of aromatic nitrogens is 2. The van der Waals surface area contributed by atoms with Gasteiger partial charge < -0.3 is 4.74 Å². The van der Waals surface area contributed by atoms with E-state index in [1.807, 2.05) is 36.7 Å². The number of benzene rings is 2. The molecular weight excluding hydrogens is 372 g/mol. The second kappa shape index (κ2) is 9.83. The normalized spacial score (nSPS) is 17.2. The van der Waals surface area contributed by atoms with E-state index in [0.29, 0.717) is 6.04 Å². The van der Waals surface area contributed by atoms with Gasteiger partial charge in [-0.15, -0.1) is 0 Å². The maximum absolute atomic E-state index is 5.22. The van der Waals surface area contributed by atoms with Crippen molar-refractivity contribution in [2.24, 2.45) is 0 Å². The molecule has 0 N–H and O–H groups in total. The number of piperidine rings is 1. The van der Waals surface area contributed by atoms with E-state index >= 15 is 0 Å². The third kappa shape index (κ3) is 5.23. The summed E-state index contributed by atoms with van der Waals surface area (Å²) in [6.45, 7) is 4.12. The fraction of sp³-hybridized carbons (Fsp3) is 0.360. The van der Waals surface area contributed by atoms with Crippen molar-refractivity contribution in [1.82, 2.24) is 19.8 Å². The highest BCUT2D eigenvalue weighted by Gasteiger charge is 2.23. The first-order chi connectivity index (χ1) is 14.7. The van der Waals surface area contributed by atoms with Crippen molar-refractivity contribution in [2.75, 3.05) is 27.2 Å². The highest BCUT2D eigenvalue weighted by molar-refractivity contribution is 5.55. The molecule has 2 aromatic carbocycles. The van der Waals surface area contributed by atoms with Gasteiger partial charge in [-0.25, -0.2) is 9.97 Å². The second-order valence-electron chi connectivity index (χ2n) is 8.08. The summed E-state index contributed by atoms with van der Waals surface area (Å²) in [7, 11) is 3.92. The van der Waals surface area contributed by atoms with Gasteiger partial charge >= 0.3 is 0 Å². The fourth-order valence-corrected chi connectivity index (χ4v) is 4.12. The molecule has 0 bridgehead atoms. The van der Waals surface area contributed by atoms with Crippen molar-refractivity contribution in [1.29, 1.82) is 0 Å². The highest BCUT2D eigenvalue weighted by atomic mass is 16.5. The summed E-state index contributed by atoms with van der Waals surface area (Å²) in [6, 6.07) is 19.2. The van der Waals surface area contributed by atoms with Crippen LogP contribution in [0.4, 0.5) is 0 Å². The highest BCUT2D eigenvalue weighted by Crippen LogP contribution is 2.21. The van der Waals surface area contributed by atoms with E-state index in [1.54, 1.807) is 7.11 Å². The average molecular weight is 403 g/mol. The largest absolute Gasteiger partial charge is 0.497 e. The van der Waals surface area contributed by atoms with Gasteiger partial charge in [-0.3, -0.25) is 9.80 Å². The summed E-state index contributed by atoms with van der Waals surface area (Å²) in [5.41, 5.74) is 3.54. The van der Waals surface area contributed by atoms with E-state index in [1.165, 1.54) is 24.0 Å². The molecule has 1 aliphatic heterocycles. The van der Waals surface area contributed by atoms with Crippen molar-refractivity contribution in [3.63, 3.8) is 0 Å². The molecule has 1 saturated heterocycles. The van der Waals surface area contributed by atoms with Crippen molar-refractivity contribution in [3.8, 4) is 17.1 Å². The second-order valence-corrected chi connectivity index (χ2v) is 8.08. The zero-order valence-electron chi connectivity index (χ0n) is 17.9. The van der Waals surface area contributed by atoms with Gasteiger partial charge in [-0.1, -0.05) is 30.3 Å². The molecule has 0 radical (unpaired) electrons. The number of hydrogen-bond donors (Lipinski definition) is 0. The number of likely N-dealkylation sites (tertiary alicyclic amines) is 1. The third-order valence-corrected chi connectivity index (χ3v) is 5.84. The van der Waals surface area contributed by atoms with Crippen LogP contribution < -0.4 is 4.74 Å². The molecule has 0 amide bonds. The van der Waals surface area contributed by atoms with Gasteiger partial charge in [0.25, 0.3) is 0 Å². The minimum atomic E-state index is 0.582. The van der Waals surface area contributed by atoms with Crippen LogP contribution in [0, 0.1) is 0 Å². The lowest BCUT2D eigenvalue weighted by molar-refractivity contribution is 0.107.